The molecule has 0 aromatic heterocycles. The topological polar surface area (TPSA) is 90.2 Å². The molecule has 20 heavy (non-hydrogen) atoms. The smallest absolute Gasteiger partial charge is 0.133 e. The molecule has 3 rings (SSSR count). The van der Waals surface area contributed by atoms with E-state index < -0.39 is 12.2 Å². The number of aliphatic hydroxyl groups is 1. The van der Waals surface area contributed by atoms with E-state index in [1.165, 1.54) is 12.1 Å². The molecule has 2 atom stereocenters. The first-order valence-corrected chi connectivity index (χ1v) is 6.24. The number of ether oxygens (including phenoxy) is 1. The fraction of sp³-hybridized carbons (Fsp3) is 0.200. The molecule has 4 N–H and O–H groups in total. The Labute approximate surface area is 115 Å². The number of aromatic hydroxyl groups is 3. The Morgan fingerprint density at radius 2 is 1.65 bits per heavy atom. The van der Waals surface area contributed by atoms with Crippen LogP contribution in [0.3, 0.4) is 0 Å². The molecular weight excluding hydrogens is 260 g/mol. The Kier molecular flexibility index (Phi) is 2.91. The number of fused-ring (bicyclic) bond motifs is 1. The van der Waals surface area contributed by atoms with Gasteiger partial charge in [-0.2, -0.15) is 0 Å². The lowest BCUT2D eigenvalue weighted by Gasteiger charge is -2.30. The van der Waals surface area contributed by atoms with Crippen molar-refractivity contribution in [3.8, 4) is 23.0 Å². The molecule has 5 nitrogen and oxygen atoms in total. The summed E-state index contributed by atoms with van der Waals surface area (Å²) in [6.45, 7) is 0. The van der Waals surface area contributed by atoms with Crippen molar-refractivity contribution < 1.29 is 25.2 Å². The summed E-state index contributed by atoms with van der Waals surface area (Å²) < 4.78 is 5.73. The van der Waals surface area contributed by atoms with E-state index in [9.17, 15) is 20.4 Å². The molecule has 0 spiro atoms. The van der Waals surface area contributed by atoms with Gasteiger partial charge in [0.15, 0.2) is 0 Å². The second-order valence-electron chi connectivity index (χ2n) is 4.83. The van der Waals surface area contributed by atoms with E-state index >= 15 is 0 Å². The minimum absolute atomic E-state index is 0.125. The number of aliphatic hydroxyl groups excluding tert-OH is 1. The third kappa shape index (κ3) is 2.12. The van der Waals surface area contributed by atoms with Crippen LogP contribution in [0.2, 0.25) is 0 Å². The van der Waals surface area contributed by atoms with Crippen molar-refractivity contribution in [1.82, 2.24) is 0 Å². The highest BCUT2D eigenvalue weighted by Crippen LogP contribution is 2.46. The summed E-state index contributed by atoms with van der Waals surface area (Å²) in [7, 11) is 0. The lowest BCUT2D eigenvalue weighted by atomic mass is 9.94. The molecule has 0 fully saturated rings. The van der Waals surface area contributed by atoms with E-state index in [2.05, 4.69) is 0 Å². The zero-order chi connectivity index (χ0) is 14.3. The third-order valence-electron chi connectivity index (χ3n) is 3.41. The largest absolute Gasteiger partial charge is 0.508 e. The maximum atomic E-state index is 10.1. The van der Waals surface area contributed by atoms with Gasteiger partial charge in [0.05, 0.1) is 11.7 Å². The van der Waals surface area contributed by atoms with E-state index in [1.807, 2.05) is 0 Å². The molecule has 2 aromatic rings. The van der Waals surface area contributed by atoms with Gasteiger partial charge in [0.2, 0.25) is 0 Å². The van der Waals surface area contributed by atoms with Crippen molar-refractivity contribution in [2.45, 2.75) is 18.6 Å². The molecule has 0 amide bonds. The first-order valence-electron chi connectivity index (χ1n) is 6.24. The molecular formula is C15H14O5. The Hall–Kier alpha value is -2.40. The molecule has 0 bridgehead atoms. The average Bonchev–Trinajstić information content (AvgIpc) is 2.38. The van der Waals surface area contributed by atoms with Crippen LogP contribution in [0.25, 0.3) is 0 Å². The van der Waals surface area contributed by atoms with Crippen LogP contribution < -0.4 is 4.74 Å². The fourth-order valence-corrected chi connectivity index (χ4v) is 2.45. The van der Waals surface area contributed by atoms with Gasteiger partial charge in [-0.15, -0.1) is 0 Å². The minimum Gasteiger partial charge on any atom is -0.508 e. The van der Waals surface area contributed by atoms with Crippen LogP contribution in [-0.2, 0) is 0 Å². The highest BCUT2D eigenvalue weighted by Gasteiger charge is 2.31. The quantitative estimate of drug-likeness (QED) is 0.641. The van der Waals surface area contributed by atoms with Gasteiger partial charge in [0.1, 0.15) is 29.1 Å². The lowest BCUT2D eigenvalue weighted by Crippen LogP contribution is -2.19. The van der Waals surface area contributed by atoms with E-state index in [-0.39, 0.29) is 35.0 Å². The van der Waals surface area contributed by atoms with Crippen molar-refractivity contribution in [3.05, 3.63) is 47.5 Å². The predicted octanol–water partition coefficient (Wildman–Crippen LogP) is 2.36. The van der Waals surface area contributed by atoms with Gasteiger partial charge in [-0.25, -0.2) is 0 Å². The summed E-state index contributed by atoms with van der Waals surface area (Å²) in [5.41, 5.74) is 1.09. The normalized spacial score (nSPS) is 21.1. The highest BCUT2D eigenvalue weighted by atomic mass is 16.5. The van der Waals surface area contributed by atoms with Crippen molar-refractivity contribution in [2.24, 2.45) is 0 Å². The number of hydrogen-bond acceptors (Lipinski definition) is 5. The van der Waals surface area contributed by atoms with Crippen LogP contribution in [0, 0.1) is 0 Å². The zero-order valence-electron chi connectivity index (χ0n) is 10.5. The van der Waals surface area contributed by atoms with Crippen LogP contribution in [0.15, 0.2) is 36.4 Å². The number of benzene rings is 2. The Morgan fingerprint density at radius 1 is 0.950 bits per heavy atom. The van der Waals surface area contributed by atoms with E-state index in [0.717, 1.165) is 5.56 Å². The van der Waals surface area contributed by atoms with Crippen molar-refractivity contribution in [1.29, 1.82) is 0 Å². The van der Waals surface area contributed by atoms with Crippen LogP contribution in [-0.4, -0.2) is 20.4 Å². The van der Waals surface area contributed by atoms with Gasteiger partial charge >= 0.3 is 0 Å². The fourth-order valence-electron chi connectivity index (χ4n) is 2.45. The summed E-state index contributed by atoms with van der Waals surface area (Å²) in [5, 5.41) is 38.7. The van der Waals surface area contributed by atoms with Crippen molar-refractivity contribution >= 4 is 0 Å². The molecule has 1 aliphatic rings. The van der Waals surface area contributed by atoms with E-state index in [4.69, 9.17) is 4.74 Å². The van der Waals surface area contributed by atoms with E-state index in [0.29, 0.717) is 0 Å². The number of phenols is 3. The molecule has 0 radical (unpaired) electrons. The van der Waals surface area contributed by atoms with Gasteiger partial charge in [-0.05, 0) is 17.7 Å². The third-order valence-corrected chi connectivity index (χ3v) is 3.41. The van der Waals surface area contributed by atoms with E-state index in [1.54, 1.807) is 24.3 Å². The van der Waals surface area contributed by atoms with Crippen LogP contribution >= 0.6 is 0 Å². The van der Waals surface area contributed by atoms with Gasteiger partial charge < -0.3 is 25.2 Å². The van der Waals surface area contributed by atoms with Crippen molar-refractivity contribution in [2.75, 3.05) is 0 Å². The van der Waals surface area contributed by atoms with Gasteiger partial charge in [-0.1, -0.05) is 12.1 Å². The van der Waals surface area contributed by atoms with Gasteiger partial charge in [0, 0.05) is 18.6 Å². The monoisotopic (exact) mass is 274 g/mol. The number of hydrogen-bond donors (Lipinski definition) is 4. The Bertz CT molecular complexity index is 635. The standard InChI is InChI=1S/C15H14O5/c16-9-3-1-8(2-4-9)13-7-12(19)15-11(18)5-10(17)6-14(15)20-13/h1-6,12-13,16-19H,7H2/t12-,13?/m1/s1. The minimum atomic E-state index is -0.877. The lowest BCUT2D eigenvalue weighted by molar-refractivity contribution is 0.0631. The van der Waals surface area contributed by atoms with Gasteiger partial charge in [0.25, 0.3) is 0 Å². The maximum Gasteiger partial charge on any atom is 0.133 e. The summed E-state index contributed by atoms with van der Waals surface area (Å²) >= 11 is 0. The summed E-state index contributed by atoms with van der Waals surface area (Å²) in [4.78, 5) is 0. The molecule has 104 valence electrons. The number of phenolic OH excluding ortho intramolecular Hbond substituents is 3. The SMILES string of the molecule is Oc1ccc(C2C[C@@H](O)c3c(O)cc(O)cc3O2)cc1. The molecule has 1 heterocycles. The zero-order valence-corrected chi connectivity index (χ0v) is 10.5. The second kappa shape index (κ2) is 4.61. The van der Waals surface area contributed by atoms with Crippen LogP contribution in [0.4, 0.5) is 0 Å². The van der Waals surface area contributed by atoms with Crippen LogP contribution in [0.5, 0.6) is 23.0 Å². The molecule has 1 unspecified atom stereocenters. The average molecular weight is 274 g/mol. The number of rotatable bonds is 1. The highest BCUT2D eigenvalue weighted by molar-refractivity contribution is 5.52. The molecule has 1 aliphatic heterocycles. The van der Waals surface area contributed by atoms with Crippen molar-refractivity contribution in [3.63, 3.8) is 0 Å². The summed E-state index contributed by atoms with van der Waals surface area (Å²) in [5.74, 6) is 0.108. The first kappa shape index (κ1) is 12.6. The molecule has 2 aromatic carbocycles. The Balaban J connectivity index is 1.98. The van der Waals surface area contributed by atoms with Crippen LogP contribution in [0.1, 0.15) is 29.8 Å². The summed E-state index contributed by atoms with van der Waals surface area (Å²) in [6, 6.07) is 9.04. The Morgan fingerprint density at radius 3 is 2.35 bits per heavy atom. The predicted molar refractivity (Wildman–Crippen MR) is 70.8 cm³/mol. The summed E-state index contributed by atoms with van der Waals surface area (Å²) in [6.07, 6.45) is -0.992. The molecule has 5 heteroatoms. The molecule has 0 aliphatic carbocycles. The first-order chi connectivity index (χ1) is 9.54. The second-order valence-corrected chi connectivity index (χ2v) is 4.83. The maximum absolute atomic E-state index is 10.1. The molecule has 0 saturated carbocycles. The van der Waals surface area contributed by atoms with Gasteiger partial charge in [-0.3, -0.25) is 0 Å². The molecule has 0 saturated heterocycles.